The Balaban J connectivity index is 2.09. The van der Waals surface area contributed by atoms with Gasteiger partial charge in [-0.25, -0.2) is 4.79 Å². The van der Waals surface area contributed by atoms with E-state index < -0.39 is 5.97 Å². The van der Waals surface area contributed by atoms with Gasteiger partial charge < -0.3 is 10.1 Å². The zero-order valence-electron chi connectivity index (χ0n) is 13.7. The van der Waals surface area contributed by atoms with Gasteiger partial charge in [-0.2, -0.15) is 0 Å². The van der Waals surface area contributed by atoms with Crippen molar-refractivity contribution in [3.63, 3.8) is 0 Å². The van der Waals surface area contributed by atoms with E-state index in [1.54, 1.807) is 42.5 Å². The summed E-state index contributed by atoms with van der Waals surface area (Å²) in [6.07, 6.45) is 1.88. The Morgan fingerprint density at radius 1 is 1.16 bits per heavy atom. The fraction of sp³-hybridized carbons (Fsp3) is 0.167. The normalized spacial score (nSPS) is 10.2. The van der Waals surface area contributed by atoms with E-state index in [1.807, 2.05) is 6.26 Å². The van der Waals surface area contributed by atoms with E-state index in [2.05, 4.69) is 21.2 Å². The van der Waals surface area contributed by atoms with Crippen LogP contribution in [-0.2, 0) is 9.53 Å². The van der Waals surface area contributed by atoms with Gasteiger partial charge in [0.15, 0.2) is 12.4 Å². The van der Waals surface area contributed by atoms with Crippen LogP contribution in [0.5, 0.6) is 0 Å². The summed E-state index contributed by atoms with van der Waals surface area (Å²) in [4.78, 5) is 36.5. The second-order valence-electron chi connectivity index (χ2n) is 5.08. The van der Waals surface area contributed by atoms with Crippen molar-refractivity contribution in [3.8, 4) is 0 Å². The number of Topliss-reactive ketones (excluding diaryl/α,β-unsaturated/α-hetero) is 1. The summed E-state index contributed by atoms with van der Waals surface area (Å²) in [6, 6.07) is 11.8. The zero-order chi connectivity index (χ0) is 18.4. The lowest BCUT2D eigenvalue weighted by Gasteiger charge is -2.10. The molecule has 130 valence electrons. The van der Waals surface area contributed by atoms with Crippen LogP contribution in [0.3, 0.4) is 0 Å². The molecule has 0 saturated carbocycles. The van der Waals surface area contributed by atoms with Crippen LogP contribution in [0.2, 0.25) is 0 Å². The SMILES string of the molecule is CSc1ccc(C(=O)COC(=O)c2ccccc2Br)cc1NC(C)=O. The van der Waals surface area contributed by atoms with Gasteiger partial charge in [-0.3, -0.25) is 9.59 Å². The summed E-state index contributed by atoms with van der Waals surface area (Å²) < 4.78 is 5.69. The number of nitrogens with one attached hydrogen (secondary N) is 1. The molecule has 0 radical (unpaired) electrons. The maximum atomic E-state index is 12.3. The molecule has 0 spiro atoms. The number of carbonyl (C=O) groups is 3. The van der Waals surface area contributed by atoms with Crippen LogP contribution in [-0.4, -0.2) is 30.5 Å². The average molecular weight is 422 g/mol. The first-order valence-electron chi connectivity index (χ1n) is 7.33. The van der Waals surface area contributed by atoms with E-state index in [1.165, 1.54) is 18.7 Å². The molecule has 0 fully saturated rings. The molecule has 0 unspecified atom stereocenters. The van der Waals surface area contributed by atoms with E-state index in [0.29, 0.717) is 21.3 Å². The number of hydrogen-bond donors (Lipinski definition) is 1. The third-order valence-corrected chi connectivity index (χ3v) is 4.75. The van der Waals surface area contributed by atoms with Gasteiger partial charge in [-0.05, 0) is 46.5 Å². The van der Waals surface area contributed by atoms with Crippen LogP contribution in [0, 0.1) is 0 Å². The predicted molar refractivity (Wildman–Crippen MR) is 101 cm³/mol. The van der Waals surface area contributed by atoms with Crippen molar-refractivity contribution in [3.05, 3.63) is 58.1 Å². The van der Waals surface area contributed by atoms with Gasteiger partial charge in [-0.15, -0.1) is 11.8 Å². The minimum absolute atomic E-state index is 0.222. The van der Waals surface area contributed by atoms with Crippen molar-refractivity contribution >= 4 is 51.0 Å². The standard InChI is InChI=1S/C18H16BrNO4S/c1-11(21)20-15-9-12(7-8-17(15)25-2)16(22)10-24-18(23)13-5-3-4-6-14(13)19/h3-9H,10H2,1-2H3,(H,20,21). The molecule has 0 aliphatic rings. The lowest BCUT2D eigenvalue weighted by Crippen LogP contribution is -2.15. The van der Waals surface area contributed by atoms with Gasteiger partial charge in [0.1, 0.15) is 0 Å². The number of ether oxygens (including phenoxy) is 1. The summed E-state index contributed by atoms with van der Waals surface area (Å²) >= 11 is 4.73. The van der Waals surface area contributed by atoms with Gasteiger partial charge in [0, 0.05) is 21.9 Å². The smallest absolute Gasteiger partial charge is 0.339 e. The predicted octanol–water partition coefficient (Wildman–Crippen LogP) is 4.17. The van der Waals surface area contributed by atoms with Crippen LogP contribution >= 0.6 is 27.7 Å². The molecule has 0 aliphatic heterocycles. The molecule has 2 aromatic carbocycles. The Bertz CT molecular complexity index is 822. The summed E-state index contributed by atoms with van der Waals surface area (Å²) in [7, 11) is 0. The van der Waals surface area contributed by atoms with Gasteiger partial charge in [-0.1, -0.05) is 18.2 Å². The molecule has 0 aliphatic carbocycles. The first-order valence-corrected chi connectivity index (χ1v) is 9.34. The van der Waals surface area contributed by atoms with Gasteiger partial charge in [0.25, 0.3) is 0 Å². The molecule has 0 heterocycles. The number of anilines is 1. The van der Waals surface area contributed by atoms with Crippen LogP contribution in [0.1, 0.15) is 27.6 Å². The third-order valence-electron chi connectivity index (χ3n) is 3.26. The first kappa shape index (κ1) is 19.2. The van der Waals surface area contributed by atoms with Gasteiger partial charge >= 0.3 is 5.97 Å². The fourth-order valence-electron chi connectivity index (χ4n) is 2.09. The van der Waals surface area contributed by atoms with E-state index in [-0.39, 0.29) is 18.3 Å². The molecule has 0 aromatic heterocycles. The number of halogens is 1. The second-order valence-corrected chi connectivity index (χ2v) is 6.78. The number of benzene rings is 2. The van der Waals surface area contributed by atoms with Crippen LogP contribution in [0.25, 0.3) is 0 Å². The molecule has 5 nitrogen and oxygen atoms in total. The number of amides is 1. The molecule has 0 bridgehead atoms. The largest absolute Gasteiger partial charge is 0.454 e. The molecule has 25 heavy (non-hydrogen) atoms. The van der Waals surface area contributed by atoms with E-state index >= 15 is 0 Å². The Morgan fingerprint density at radius 2 is 1.88 bits per heavy atom. The van der Waals surface area contributed by atoms with Crippen molar-refractivity contribution in [1.82, 2.24) is 0 Å². The topological polar surface area (TPSA) is 72.5 Å². The highest BCUT2D eigenvalue weighted by Crippen LogP contribution is 2.27. The Kier molecular flexibility index (Phi) is 6.78. The number of hydrogen-bond acceptors (Lipinski definition) is 5. The lowest BCUT2D eigenvalue weighted by atomic mass is 10.1. The fourth-order valence-corrected chi connectivity index (χ4v) is 3.07. The van der Waals surface area contributed by atoms with Crippen molar-refractivity contribution in [2.75, 3.05) is 18.2 Å². The first-order chi connectivity index (χ1) is 11.9. The number of carbonyl (C=O) groups excluding carboxylic acids is 3. The quantitative estimate of drug-likeness (QED) is 0.430. The average Bonchev–Trinajstić information content (AvgIpc) is 2.59. The van der Waals surface area contributed by atoms with Crippen molar-refractivity contribution in [2.24, 2.45) is 0 Å². The number of thioether (sulfide) groups is 1. The Hall–Kier alpha value is -2.12. The third kappa shape index (κ3) is 5.17. The van der Waals surface area contributed by atoms with Crippen molar-refractivity contribution < 1.29 is 19.1 Å². The zero-order valence-corrected chi connectivity index (χ0v) is 16.1. The lowest BCUT2D eigenvalue weighted by molar-refractivity contribution is -0.114. The Morgan fingerprint density at radius 3 is 2.52 bits per heavy atom. The highest BCUT2D eigenvalue weighted by Gasteiger charge is 2.15. The summed E-state index contributed by atoms with van der Waals surface area (Å²) in [6.45, 7) is 1.02. The molecule has 1 amide bonds. The second kappa shape index (κ2) is 8.82. The number of ketones is 1. The highest BCUT2D eigenvalue weighted by molar-refractivity contribution is 9.10. The van der Waals surface area contributed by atoms with Crippen LogP contribution in [0.4, 0.5) is 5.69 Å². The van der Waals surface area contributed by atoms with Crippen LogP contribution < -0.4 is 5.32 Å². The molecule has 0 atom stereocenters. The molecule has 2 aromatic rings. The van der Waals surface area contributed by atoms with Crippen LogP contribution in [0.15, 0.2) is 51.8 Å². The van der Waals surface area contributed by atoms with Gasteiger partial charge in [0.2, 0.25) is 5.91 Å². The maximum Gasteiger partial charge on any atom is 0.339 e. The highest BCUT2D eigenvalue weighted by atomic mass is 79.9. The molecular formula is C18H16BrNO4S. The molecule has 2 rings (SSSR count). The van der Waals surface area contributed by atoms with E-state index in [0.717, 1.165) is 4.90 Å². The van der Waals surface area contributed by atoms with E-state index in [9.17, 15) is 14.4 Å². The number of rotatable bonds is 6. The maximum absolute atomic E-state index is 12.3. The van der Waals surface area contributed by atoms with Crippen molar-refractivity contribution in [1.29, 1.82) is 0 Å². The number of esters is 1. The molecule has 7 heteroatoms. The summed E-state index contributed by atoms with van der Waals surface area (Å²) in [5.74, 6) is -1.15. The van der Waals surface area contributed by atoms with E-state index in [4.69, 9.17) is 4.74 Å². The van der Waals surface area contributed by atoms with Crippen molar-refractivity contribution in [2.45, 2.75) is 11.8 Å². The molecule has 1 N–H and O–H groups in total. The monoisotopic (exact) mass is 421 g/mol. The molecule has 0 saturated heterocycles. The summed E-state index contributed by atoms with van der Waals surface area (Å²) in [5, 5.41) is 2.69. The Labute approximate surface area is 158 Å². The minimum Gasteiger partial charge on any atom is -0.454 e. The summed E-state index contributed by atoms with van der Waals surface area (Å²) in [5.41, 5.74) is 1.27. The molecular weight excluding hydrogens is 406 g/mol. The minimum atomic E-state index is -0.580. The van der Waals surface area contributed by atoms with Gasteiger partial charge in [0.05, 0.1) is 11.3 Å².